The lowest BCUT2D eigenvalue weighted by atomic mass is 10.2. The van der Waals surface area contributed by atoms with Gasteiger partial charge in [-0.05, 0) is 18.2 Å². The molecule has 2 aromatic rings. The van der Waals surface area contributed by atoms with Gasteiger partial charge in [0.25, 0.3) is 0 Å². The molecule has 0 fully saturated rings. The number of benzene rings is 1. The van der Waals surface area contributed by atoms with Crippen LogP contribution in [-0.4, -0.2) is 15.3 Å². The molecule has 0 spiro atoms. The standard InChI is InChI=1S/C9H9N3O2/c10-7-3-1-2-6(4-7)9-12-11-8(5-13)14-9/h1-4,13H,5,10H2. The zero-order valence-corrected chi connectivity index (χ0v) is 7.34. The summed E-state index contributed by atoms with van der Waals surface area (Å²) in [4.78, 5) is 0. The quantitative estimate of drug-likeness (QED) is 0.686. The predicted molar refractivity (Wildman–Crippen MR) is 50.1 cm³/mol. The fourth-order valence-electron chi connectivity index (χ4n) is 1.11. The van der Waals surface area contributed by atoms with Crippen molar-refractivity contribution in [2.75, 3.05) is 5.73 Å². The number of aliphatic hydroxyl groups is 1. The van der Waals surface area contributed by atoms with Crippen LogP contribution in [0.4, 0.5) is 5.69 Å². The number of anilines is 1. The average molecular weight is 191 g/mol. The molecule has 3 N–H and O–H groups in total. The second kappa shape index (κ2) is 3.47. The average Bonchev–Trinajstić information content (AvgIpc) is 2.66. The second-order valence-electron chi connectivity index (χ2n) is 2.78. The van der Waals surface area contributed by atoms with Crippen LogP contribution < -0.4 is 5.73 Å². The summed E-state index contributed by atoms with van der Waals surface area (Å²) in [7, 11) is 0. The van der Waals surface area contributed by atoms with E-state index < -0.39 is 0 Å². The van der Waals surface area contributed by atoms with Gasteiger partial charge in [0.2, 0.25) is 11.8 Å². The van der Waals surface area contributed by atoms with Gasteiger partial charge in [0.05, 0.1) is 0 Å². The maximum absolute atomic E-state index is 8.73. The van der Waals surface area contributed by atoms with Crippen molar-refractivity contribution in [3.63, 3.8) is 0 Å². The summed E-state index contributed by atoms with van der Waals surface area (Å²) in [6.45, 7) is -0.255. The van der Waals surface area contributed by atoms with E-state index in [2.05, 4.69) is 10.2 Å². The highest BCUT2D eigenvalue weighted by atomic mass is 16.4. The lowest BCUT2D eigenvalue weighted by Crippen LogP contribution is -1.84. The minimum absolute atomic E-state index is 0.197. The molecule has 0 bridgehead atoms. The summed E-state index contributed by atoms with van der Waals surface area (Å²) >= 11 is 0. The molecule has 1 aromatic carbocycles. The first-order valence-electron chi connectivity index (χ1n) is 4.09. The molecule has 5 heteroatoms. The maximum Gasteiger partial charge on any atom is 0.247 e. The smallest absolute Gasteiger partial charge is 0.247 e. The highest BCUT2D eigenvalue weighted by Gasteiger charge is 2.06. The van der Waals surface area contributed by atoms with E-state index in [4.69, 9.17) is 15.3 Å². The maximum atomic E-state index is 8.73. The summed E-state index contributed by atoms with van der Waals surface area (Å²) in [5, 5.41) is 16.1. The molecule has 5 nitrogen and oxygen atoms in total. The van der Waals surface area contributed by atoms with Crippen molar-refractivity contribution in [3.8, 4) is 11.5 Å². The zero-order valence-electron chi connectivity index (χ0n) is 7.34. The van der Waals surface area contributed by atoms with Crippen molar-refractivity contribution < 1.29 is 9.52 Å². The normalized spacial score (nSPS) is 10.4. The van der Waals surface area contributed by atoms with Crippen LogP contribution in [0.15, 0.2) is 28.7 Å². The van der Waals surface area contributed by atoms with Gasteiger partial charge in [-0.1, -0.05) is 6.07 Å². The number of nitrogens with two attached hydrogens (primary N) is 1. The summed E-state index contributed by atoms with van der Waals surface area (Å²) < 4.78 is 5.15. The molecule has 0 saturated carbocycles. The fraction of sp³-hybridized carbons (Fsp3) is 0.111. The first-order valence-corrected chi connectivity index (χ1v) is 4.09. The molecule has 0 amide bonds. The largest absolute Gasteiger partial charge is 0.418 e. The van der Waals surface area contributed by atoms with Gasteiger partial charge >= 0.3 is 0 Å². The van der Waals surface area contributed by atoms with E-state index >= 15 is 0 Å². The van der Waals surface area contributed by atoms with Crippen LogP contribution in [0.3, 0.4) is 0 Å². The summed E-state index contributed by atoms with van der Waals surface area (Å²) in [5.74, 6) is 0.559. The molecule has 0 aliphatic rings. The molecule has 0 aliphatic carbocycles. The van der Waals surface area contributed by atoms with Gasteiger partial charge in [-0.3, -0.25) is 0 Å². The first-order chi connectivity index (χ1) is 6.79. The van der Waals surface area contributed by atoms with Gasteiger partial charge in [-0.2, -0.15) is 0 Å². The SMILES string of the molecule is Nc1cccc(-c2nnc(CO)o2)c1. The van der Waals surface area contributed by atoms with Gasteiger partial charge in [0.1, 0.15) is 6.61 Å². The molecule has 72 valence electrons. The van der Waals surface area contributed by atoms with E-state index in [0.717, 1.165) is 5.56 Å². The van der Waals surface area contributed by atoms with E-state index in [-0.39, 0.29) is 12.5 Å². The molecular weight excluding hydrogens is 182 g/mol. The number of nitrogens with zero attached hydrogens (tertiary/aromatic N) is 2. The first kappa shape index (κ1) is 8.71. The number of hydrogen-bond donors (Lipinski definition) is 2. The highest BCUT2D eigenvalue weighted by Crippen LogP contribution is 2.19. The number of nitrogen functional groups attached to an aromatic ring is 1. The Morgan fingerprint density at radius 3 is 2.86 bits per heavy atom. The monoisotopic (exact) mass is 191 g/mol. The van der Waals surface area contributed by atoms with Crippen molar-refractivity contribution in [2.45, 2.75) is 6.61 Å². The minimum atomic E-state index is -0.255. The molecule has 1 heterocycles. The predicted octanol–water partition coefficient (Wildman–Crippen LogP) is 0.811. The molecule has 2 rings (SSSR count). The Labute approximate surface area is 80.2 Å². The van der Waals surface area contributed by atoms with E-state index in [1.807, 2.05) is 6.07 Å². The van der Waals surface area contributed by atoms with Crippen molar-refractivity contribution in [3.05, 3.63) is 30.2 Å². The lowest BCUT2D eigenvalue weighted by molar-refractivity contribution is 0.241. The number of aromatic nitrogens is 2. The Bertz CT molecular complexity index is 439. The number of aliphatic hydroxyl groups excluding tert-OH is 1. The summed E-state index contributed by atoms with van der Waals surface area (Å²) in [5.41, 5.74) is 6.97. The molecule has 0 unspecified atom stereocenters. The van der Waals surface area contributed by atoms with Crippen LogP contribution in [0.5, 0.6) is 0 Å². The van der Waals surface area contributed by atoms with Gasteiger partial charge in [-0.25, -0.2) is 0 Å². The Morgan fingerprint density at radius 2 is 2.21 bits per heavy atom. The van der Waals surface area contributed by atoms with Crippen molar-refractivity contribution in [1.29, 1.82) is 0 Å². The highest BCUT2D eigenvalue weighted by molar-refractivity contribution is 5.59. The van der Waals surface area contributed by atoms with Gasteiger partial charge in [0.15, 0.2) is 0 Å². The molecule has 0 radical (unpaired) electrons. The molecule has 0 saturated heterocycles. The summed E-state index contributed by atoms with van der Waals surface area (Å²) in [6.07, 6.45) is 0. The van der Waals surface area contributed by atoms with Crippen LogP contribution in [0.25, 0.3) is 11.5 Å². The zero-order chi connectivity index (χ0) is 9.97. The van der Waals surface area contributed by atoms with Gasteiger partial charge in [0, 0.05) is 11.3 Å². The lowest BCUT2D eigenvalue weighted by Gasteiger charge is -1.95. The Hall–Kier alpha value is -1.88. The van der Waals surface area contributed by atoms with Crippen LogP contribution in [-0.2, 0) is 6.61 Å². The third-order valence-electron chi connectivity index (χ3n) is 1.74. The van der Waals surface area contributed by atoms with E-state index in [0.29, 0.717) is 11.6 Å². The molecule has 14 heavy (non-hydrogen) atoms. The van der Waals surface area contributed by atoms with Crippen LogP contribution in [0, 0.1) is 0 Å². The van der Waals surface area contributed by atoms with Crippen LogP contribution in [0.1, 0.15) is 5.89 Å². The van der Waals surface area contributed by atoms with Crippen molar-refractivity contribution in [2.24, 2.45) is 0 Å². The van der Waals surface area contributed by atoms with Crippen LogP contribution in [0.2, 0.25) is 0 Å². The van der Waals surface area contributed by atoms with Crippen molar-refractivity contribution in [1.82, 2.24) is 10.2 Å². The Morgan fingerprint density at radius 1 is 1.36 bits per heavy atom. The molecular formula is C9H9N3O2. The summed E-state index contributed by atoms with van der Waals surface area (Å²) in [6, 6.07) is 7.11. The molecule has 1 aromatic heterocycles. The van der Waals surface area contributed by atoms with Gasteiger partial charge in [-0.15, -0.1) is 10.2 Å². The fourth-order valence-corrected chi connectivity index (χ4v) is 1.11. The third-order valence-corrected chi connectivity index (χ3v) is 1.74. The van der Waals surface area contributed by atoms with Crippen LogP contribution >= 0.6 is 0 Å². The molecule has 0 aliphatic heterocycles. The van der Waals surface area contributed by atoms with E-state index in [9.17, 15) is 0 Å². The third kappa shape index (κ3) is 1.57. The topological polar surface area (TPSA) is 85.2 Å². The Kier molecular flexibility index (Phi) is 2.16. The minimum Gasteiger partial charge on any atom is -0.418 e. The Balaban J connectivity index is 2.39. The number of hydrogen-bond acceptors (Lipinski definition) is 5. The molecule has 0 atom stereocenters. The number of rotatable bonds is 2. The van der Waals surface area contributed by atoms with E-state index in [1.54, 1.807) is 18.2 Å². The van der Waals surface area contributed by atoms with E-state index in [1.165, 1.54) is 0 Å². The van der Waals surface area contributed by atoms with Crippen molar-refractivity contribution >= 4 is 5.69 Å². The second-order valence-corrected chi connectivity index (χ2v) is 2.78. The van der Waals surface area contributed by atoms with Gasteiger partial charge < -0.3 is 15.3 Å².